The maximum atomic E-state index is 11.9. The second-order valence-electron chi connectivity index (χ2n) is 5.10. The number of hydrogen-bond donors (Lipinski definition) is 2. The Labute approximate surface area is 134 Å². The predicted molar refractivity (Wildman–Crippen MR) is 89.2 cm³/mol. The van der Waals surface area contributed by atoms with Gasteiger partial charge < -0.3 is 10.6 Å². The summed E-state index contributed by atoms with van der Waals surface area (Å²) in [5, 5.41) is 6.00. The highest BCUT2D eigenvalue weighted by atomic mass is 35.5. The van der Waals surface area contributed by atoms with E-state index in [0.29, 0.717) is 16.4 Å². The Morgan fingerprint density at radius 1 is 0.955 bits per heavy atom. The topological polar surface area (TPSA) is 58.2 Å². The monoisotopic (exact) mass is 316 g/mol. The van der Waals surface area contributed by atoms with E-state index in [9.17, 15) is 9.59 Å². The van der Waals surface area contributed by atoms with E-state index in [-0.39, 0.29) is 18.2 Å². The fourth-order valence-corrected chi connectivity index (χ4v) is 2.18. The third kappa shape index (κ3) is 4.60. The Bertz CT molecular complexity index is 696. The SMILES string of the molecule is Cc1ccc(NC(=O)CC(=O)Nc2ccc(Cl)cc2C)cc1. The van der Waals surface area contributed by atoms with Gasteiger partial charge in [0.2, 0.25) is 11.8 Å². The van der Waals surface area contributed by atoms with Crippen molar-refractivity contribution in [1.29, 1.82) is 0 Å². The van der Waals surface area contributed by atoms with Crippen LogP contribution in [0.25, 0.3) is 0 Å². The Morgan fingerprint density at radius 2 is 1.59 bits per heavy atom. The van der Waals surface area contributed by atoms with E-state index in [0.717, 1.165) is 11.1 Å². The fraction of sp³-hybridized carbons (Fsp3) is 0.176. The molecule has 0 radical (unpaired) electrons. The van der Waals surface area contributed by atoms with Gasteiger partial charge in [-0.05, 0) is 49.7 Å². The Kier molecular flexibility index (Phi) is 5.17. The second kappa shape index (κ2) is 7.09. The summed E-state index contributed by atoms with van der Waals surface area (Å²) in [5.41, 5.74) is 3.28. The van der Waals surface area contributed by atoms with Crippen LogP contribution in [0.5, 0.6) is 0 Å². The van der Waals surface area contributed by atoms with Crippen molar-refractivity contribution in [3.05, 3.63) is 58.6 Å². The zero-order chi connectivity index (χ0) is 16.1. The zero-order valence-electron chi connectivity index (χ0n) is 12.4. The quantitative estimate of drug-likeness (QED) is 0.840. The molecule has 2 aromatic carbocycles. The summed E-state index contributed by atoms with van der Waals surface area (Å²) in [4.78, 5) is 23.7. The molecule has 0 fully saturated rings. The molecule has 0 aromatic heterocycles. The fourth-order valence-electron chi connectivity index (χ4n) is 1.95. The van der Waals surface area contributed by atoms with Crippen molar-refractivity contribution < 1.29 is 9.59 Å². The summed E-state index contributed by atoms with van der Waals surface area (Å²) >= 11 is 5.86. The number of nitrogens with one attached hydrogen (secondary N) is 2. The van der Waals surface area contributed by atoms with Gasteiger partial charge in [-0.25, -0.2) is 0 Å². The molecule has 0 aliphatic carbocycles. The van der Waals surface area contributed by atoms with Crippen molar-refractivity contribution in [1.82, 2.24) is 0 Å². The first-order valence-corrected chi connectivity index (χ1v) is 7.24. The van der Waals surface area contributed by atoms with Gasteiger partial charge in [0.15, 0.2) is 0 Å². The van der Waals surface area contributed by atoms with E-state index in [1.807, 2.05) is 26.0 Å². The first-order valence-electron chi connectivity index (χ1n) is 6.86. The van der Waals surface area contributed by atoms with Crippen molar-refractivity contribution in [2.24, 2.45) is 0 Å². The molecule has 0 spiro atoms. The normalized spacial score (nSPS) is 10.1. The summed E-state index contributed by atoms with van der Waals surface area (Å²) in [6.07, 6.45) is -0.240. The van der Waals surface area contributed by atoms with Gasteiger partial charge in [-0.2, -0.15) is 0 Å². The lowest BCUT2D eigenvalue weighted by Gasteiger charge is -2.09. The van der Waals surface area contributed by atoms with Gasteiger partial charge in [0, 0.05) is 16.4 Å². The molecular formula is C17H17ClN2O2. The minimum absolute atomic E-state index is 0.240. The molecule has 2 aromatic rings. The van der Waals surface area contributed by atoms with E-state index in [1.54, 1.807) is 30.3 Å². The first-order chi connectivity index (χ1) is 10.4. The molecule has 5 heteroatoms. The highest BCUT2D eigenvalue weighted by Crippen LogP contribution is 2.19. The van der Waals surface area contributed by atoms with E-state index in [2.05, 4.69) is 10.6 Å². The molecule has 22 heavy (non-hydrogen) atoms. The Balaban J connectivity index is 1.91. The molecule has 2 rings (SSSR count). The molecule has 4 nitrogen and oxygen atoms in total. The van der Waals surface area contributed by atoms with E-state index in [4.69, 9.17) is 11.6 Å². The molecule has 0 aliphatic rings. The molecule has 0 saturated heterocycles. The molecule has 0 bridgehead atoms. The van der Waals surface area contributed by atoms with Gasteiger partial charge >= 0.3 is 0 Å². The number of aryl methyl sites for hydroxylation is 2. The van der Waals surface area contributed by atoms with Gasteiger partial charge in [-0.1, -0.05) is 29.3 Å². The average molecular weight is 317 g/mol. The molecule has 114 valence electrons. The van der Waals surface area contributed by atoms with Gasteiger partial charge in [-0.15, -0.1) is 0 Å². The van der Waals surface area contributed by atoms with E-state index < -0.39 is 0 Å². The van der Waals surface area contributed by atoms with Crippen LogP contribution in [0.4, 0.5) is 11.4 Å². The van der Waals surface area contributed by atoms with Crippen LogP contribution in [-0.2, 0) is 9.59 Å². The highest BCUT2D eigenvalue weighted by molar-refractivity contribution is 6.30. The molecule has 0 atom stereocenters. The Hall–Kier alpha value is -2.33. The van der Waals surface area contributed by atoms with Crippen LogP contribution in [-0.4, -0.2) is 11.8 Å². The number of benzene rings is 2. The predicted octanol–water partition coefficient (Wildman–Crippen LogP) is 3.92. The second-order valence-corrected chi connectivity index (χ2v) is 5.53. The van der Waals surface area contributed by atoms with Crippen LogP contribution in [0.2, 0.25) is 5.02 Å². The number of halogens is 1. The van der Waals surface area contributed by atoms with Crippen molar-refractivity contribution in [2.75, 3.05) is 10.6 Å². The molecule has 0 aliphatic heterocycles. The number of hydrogen-bond acceptors (Lipinski definition) is 2. The number of rotatable bonds is 4. The first kappa shape index (κ1) is 16.0. The summed E-state index contributed by atoms with van der Waals surface area (Å²) in [6.45, 7) is 3.81. The summed E-state index contributed by atoms with van der Waals surface area (Å²) in [6, 6.07) is 12.6. The third-order valence-electron chi connectivity index (χ3n) is 3.12. The van der Waals surface area contributed by atoms with Crippen molar-refractivity contribution in [2.45, 2.75) is 20.3 Å². The van der Waals surface area contributed by atoms with Crippen LogP contribution in [0.15, 0.2) is 42.5 Å². The number of carbonyl (C=O) groups is 2. The van der Waals surface area contributed by atoms with E-state index in [1.165, 1.54) is 0 Å². The number of amides is 2. The number of anilines is 2. The van der Waals surface area contributed by atoms with Gasteiger partial charge in [-0.3, -0.25) is 9.59 Å². The third-order valence-corrected chi connectivity index (χ3v) is 3.35. The van der Waals surface area contributed by atoms with Gasteiger partial charge in [0.1, 0.15) is 6.42 Å². The lowest BCUT2D eigenvalue weighted by molar-refractivity contribution is -0.123. The summed E-state index contributed by atoms with van der Waals surface area (Å²) in [7, 11) is 0. The smallest absolute Gasteiger partial charge is 0.233 e. The van der Waals surface area contributed by atoms with E-state index >= 15 is 0 Å². The highest BCUT2D eigenvalue weighted by Gasteiger charge is 2.11. The molecule has 0 unspecified atom stereocenters. The zero-order valence-corrected chi connectivity index (χ0v) is 13.2. The lowest BCUT2D eigenvalue weighted by atomic mass is 10.2. The van der Waals surface area contributed by atoms with Crippen molar-refractivity contribution in [3.8, 4) is 0 Å². The van der Waals surface area contributed by atoms with Crippen molar-refractivity contribution in [3.63, 3.8) is 0 Å². The molecule has 0 heterocycles. The Morgan fingerprint density at radius 3 is 2.23 bits per heavy atom. The lowest BCUT2D eigenvalue weighted by Crippen LogP contribution is -2.21. The van der Waals surface area contributed by atoms with Crippen LogP contribution >= 0.6 is 11.6 Å². The average Bonchev–Trinajstić information content (AvgIpc) is 2.44. The minimum atomic E-state index is -0.366. The summed E-state index contributed by atoms with van der Waals surface area (Å²) in [5.74, 6) is -0.719. The number of carbonyl (C=O) groups excluding carboxylic acids is 2. The standard InChI is InChI=1S/C17H17ClN2O2/c1-11-3-6-14(7-4-11)19-16(21)10-17(22)20-15-8-5-13(18)9-12(15)2/h3-9H,10H2,1-2H3,(H,19,21)(H,20,22). The molecule has 2 amide bonds. The van der Waals surface area contributed by atoms with Crippen LogP contribution < -0.4 is 10.6 Å². The molecular weight excluding hydrogens is 300 g/mol. The maximum Gasteiger partial charge on any atom is 0.233 e. The largest absolute Gasteiger partial charge is 0.326 e. The molecule has 0 saturated carbocycles. The van der Waals surface area contributed by atoms with Crippen molar-refractivity contribution >= 4 is 34.8 Å². The van der Waals surface area contributed by atoms with Crippen LogP contribution in [0.3, 0.4) is 0 Å². The summed E-state index contributed by atoms with van der Waals surface area (Å²) < 4.78 is 0. The van der Waals surface area contributed by atoms with Gasteiger partial charge in [0.25, 0.3) is 0 Å². The molecule has 2 N–H and O–H groups in total. The minimum Gasteiger partial charge on any atom is -0.326 e. The van der Waals surface area contributed by atoms with Gasteiger partial charge in [0.05, 0.1) is 0 Å². The van der Waals surface area contributed by atoms with Crippen LogP contribution in [0.1, 0.15) is 17.5 Å². The maximum absolute atomic E-state index is 11.9. The van der Waals surface area contributed by atoms with Crippen LogP contribution in [0, 0.1) is 13.8 Å².